The molecule has 4 aromatic carbocycles. The lowest BCUT2D eigenvalue weighted by Crippen LogP contribution is -2.68. The average Bonchev–Trinajstić information content (AvgIpc) is 3.55. The maximum Gasteiger partial charge on any atom is 0.262 e. The van der Waals surface area contributed by atoms with E-state index in [1.165, 1.54) is 15.9 Å². The van der Waals surface area contributed by atoms with E-state index < -0.39 is 17.5 Å². The smallest absolute Gasteiger partial charge is 0.262 e. The highest BCUT2D eigenvalue weighted by Crippen LogP contribution is 2.57. The Labute approximate surface area is 307 Å². The summed E-state index contributed by atoms with van der Waals surface area (Å²) in [5, 5.41) is 4.59. The van der Waals surface area contributed by atoms with Crippen LogP contribution in [0.3, 0.4) is 0 Å². The summed E-state index contributed by atoms with van der Waals surface area (Å²) >= 11 is 13.1. The fourth-order valence-corrected chi connectivity index (χ4v) is 12.0. The minimum atomic E-state index is -4.94. The molecule has 0 spiro atoms. The van der Waals surface area contributed by atoms with Gasteiger partial charge >= 0.3 is 0 Å². The van der Waals surface area contributed by atoms with Crippen LogP contribution in [-0.2, 0) is 6.54 Å². The highest BCUT2D eigenvalue weighted by molar-refractivity contribution is 8.01. The van der Waals surface area contributed by atoms with Crippen LogP contribution in [0, 0.1) is 16.2 Å². The number of anilines is 1. The molecule has 2 atom stereocenters. The van der Waals surface area contributed by atoms with E-state index in [0.717, 1.165) is 30.0 Å². The van der Waals surface area contributed by atoms with Crippen molar-refractivity contribution in [3.05, 3.63) is 153 Å². The van der Waals surface area contributed by atoms with Gasteiger partial charge in [0.15, 0.2) is 7.26 Å². The number of halogens is 3. The third-order valence-corrected chi connectivity index (χ3v) is 14.0. The van der Waals surface area contributed by atoms with Crippen LogP contribution in [0.2, 0.25) is 10.0 Å². The summed E-state index contributed by atoms with van der Waals surface area (Å²) in [6.45, 7) is 2.16. The summed E-state index contributed by atoms with van der Waals surface area (Å²) in [6.07, 6.45) is 1.04. The van der Waals surface area contributed by atoms with Gasteiger partial charge in [0.25, 0.3) is 16.9 Å². The Kier molecular flexibility index (Phi) is 10.1. The van der Waals surface area contributed by atoms with Gasteiger partial charge in [-0.2, -0.15) is 4.98 Å². The van der Waals surface area contributed by atoms with Gasteiger partial charge in [-0.3, -0.25) is 4.79 Å². The molecule has 2 bridgehead atoms. The fourth-order valence-electron chi connectivity index (χ4n) is 7.34. The minimum Gasteiger partial charge on any atom is -0.416 e. The topological polar surface area (TPSA) is 144 Å². The average molecular weight is 763 g/mol. The predicted octanol–water partition coefficient (Wildman–Crippen LogP) is 2.30. The molecule has 13 heteroatoms. The fraction of sp³-hybridized carbons (Fsp3) is 0.158. The van der Waals surface area contributed by atoms with Crippen LogP contribution in [0.4, 0.5) is 5.88 Å². The summed E-state index contributed by atoms with van der Waals surface area (Å²) in [6, 6.07) is 43.2. The molecule has 2 aliphatic rings. The Bertz CT molecular complexity index is 2090. The van der Waals surface area contributed by atoms with Crippen LogP contribution < -0.4 is 50.4 Å². The summed E-state index contributed by atoms with van der Waals surface area (Å²) in [5.74, 6) is 1.71. The first-order valence-electron chi connectivity index (χ1n) is 16.1. The standard InChI is InChI=1S/C38H31Cl2N3O2P.ClHO4/c39-28-19-20-32(33(40)22-28)36-41-37(38(45-36)42-23-26-21-27(25-42)34-17-10-18-35(44)43(34)24-26)46(29-11-4-1-5-12-29,30-13-6-2-7-14-30)31-15-8-3-9-16-31;2-1(3,4)5/h1-20,22,26-27H,21,23-25H2;(H,2,3,4,5)/q+1;/p-1. The molecule has 1 fully saturated rings. The molecule has 0 radical (unpaired) electrons. The van der Waals surface area contributed by atoms with Gasteiger partial charge in [0.1, 0.15) is 15.9 Å². The molecule has 9 nitrogen and oxygen atoms in total. The van der Waals surface area contributed by atoms with Gasteiger partial charge in [-0.05, 0) is 73.0 Å². The molecule has 0 saturated carbocycles. The molecule has 0 aliphatic carbocycles. The number of hydrogen-bond donors (Lipinski definition) is 0. The number of benzene rings is 4. The van der Waals surface area contributed by atoms with E-state index in [-0.39, 0.29) is 11.5 Å². The van der Waals surface area contributed by atoms with Crippen LogP contribution >= 0.6 is 30.5 Å². The lowest BCUT2D eigenvalue weighted by Gasteiger charge is -2.42. The number of rotatable bonds is 6. The Morgan fingerprint density at radius 3 is 1.84 bits per heavy atom. The van der Waals surface area contributed by atoms with E-state index in [9.17, 15) is 4.79 Å². The van der Waals surface area contributed by atoms with Gasteiger partial charge in [-0.1, -0.05) is 83.9 Å². The molecule has 2 aliphatic heterocycles. The second-order valence-electron chi connectivity index (χ2n) is 12.4. The molecule has 260 valence electrons. The lowest BCUT2D eigenvalue weighted by atomic mass is 9.83. The van der Waals surface area contributed by atoms with Crippen molar-refractivity contribution in [3.8, 4) is 11.5 Å². The Hall–Kier alpha value is -4.02. The van der Waals surface area contributed by atoms with Crippen molar-refractivity contribution < 1.29 is 33.3 Å². The molecule has 2 aromatic heterocycles. The first-order valence-corrected chi connectivity index (χ1v) is 19.9. The molecule has 6 aromatic rings. The van der Waals surface area contributed by atoms with Gasteiger partial charge in [0.05, 0.1) is 10.6 Å². The summed E-state index contributed by atoms with van der Waals surface area (Å²) in [4.78, 5) is 20.7. The normalized spacial score (nSPS) is 16.9. The SMILES string of the molecule is O=c1cccc2n1CC1CC2CN(c2oc(-c3ccc(Cl)cc3Cl)nc2[P+](c2ccccc2)(c2ccccc2)c2ccccc2)C1.[O-][Cl+3]([O-])([O-])[O-]. The van der Waals surface area contributed by atoms with Crippen molar-refractivity contribution in [2.75, 3.05) is 18.0 Å². The maximum absolute atomic E-state index is 12.8. The Morgan fingerprint density at radius 2 is 1.29 bits per heavy atom. The van der Waals surface area contributed by atoms with E-state index in [0.29, 0.717) is 40.5 Å². The van der Waals surface area contributed by atoms with Crippen molar-refractivity contribution >= 4 is 57.7 Å². The van der Waals surface area contributed by atoms with Crippen molar-refractivity contribution in [2.45, 2.75) is 18.9 Å². The number of fused-ring (bicyclic) bond motifs is 4. The van der Waals surface area contributed by atoms with Gasteiger partial charge in [-0.15, -0.1) is 10.2 Å². The van der Waals surface area contributed by atoms with E-state index in [4.69, 9.17) is 51.2 Å². The number of oxazole rings is 1. The second-order valence-corrected chi connectivity index (χ2v) is 17.3. The van der Waals surface area contributed by atoms with Crippen molar-refractivity contribution in [3.63, 3.8) is 0 Å². The van der Waals surface area contributed by atoms with Crippen LogP contribution in [0.5, 0.6) is 0 Å². The number of nitrogens with zero attached hydrogens (tertiary/aromatic N) is 3. The Balaban J connectivity index is 0.000000761. The third-order valence-electron chi connectivity index (χ3n) is 9.27. The van der Waals surface area contributed by atoms with E-state index in [1.807, 2.05) is 22.8 Å². The monoisotopic (exact) mass is 761 g/mol. The van der Waals surface area contributed by atoms with Gasteiger partial charge < -0.3 is 13.9 Å². The zero-order valence-electron chi connectivity index (χ0n) is 27.0. The lowest BCUT2D eigenvalue weighted by molar-refractivity contribution is -2.00. The molecule has 4 heterocycles. The highest BCUT2D eigenvalue weighted by atomic mass is 35.7. The zero-order valence-corrected chi connectivity index (χ0v) is 30.1. The zero-order chi connectivity index (χ0) is 35.8. The quantitative estimate of drug-likeness (QED) is 0.236. The van der Waals surface area contributed by atoms with Crippen LogP contribution in [0.25, 0.3) is 11.5 Å². The van der Waals surface area contributed by atoms with E-state index >= 15 is 0 Å². The second kappa shape index (κ2) is 14.5. The van der Waals surface area contributed by atoms with Crippen molar-refractivity contribution in [2.24, 2.45) is 5.92 Å². The van der Waals surface area contributed by atoms with Crippen LogP contribution in [-0.4, -0.2) is 22.6 Å². The van der Waals surface area contributed by atoms with Gasteiger partial charge in [-0.25, -0.2) is 18.6 Å². The van der Waals surface area contributed by atoms with Crippen LogP contribution in [0.15, 0.2) is 137 Å². The number of pyridine rings is 1. The first-order chi connectivity index (χ1) is 24.5. The molecule has 8 rings (SSSR count). The minimum absolute atomic E-state index is 0.0721. The summed E-state index contributed by atoms with van der Waals surface area (Å²) < 4.78 is 42.9. The molecule has 1 saturated heterocycles. The largest absolute Gasteiger partial charge is 0.416 e. The third kappa shape index (κ3) is 7.22. The van der Waals surface area contributed by atoms with Gasteiger partial charge in [0.2, 0.25) is 5.89 Å². The van der Waals surface area contributed by atoms with Gasteiger partial charge in [0, 0.05) is 42.3 Å². The Morgan fingerprint density at radius 1 is 0.725 bits per heavy atom. The maximum atomic E-state index is 12.8. The highest BCUT2D eigenvalue weighted by Gasteiger charge is 2.54. The number of piperidine rings is 1. The number of aromatic nitrogens is 2. The first kappa shape index (κ1) is 35.4. The molecule has 51 heavy (non-hydrogen) atoms. The van der Waals surface area contributed by atoms with Crippen molar-refractivity contribution in [1.82, 2.24) is 9.55 Å². The van der Waals surface area contributed by atoms with E-state index in [2.05, 4.69) is 102 Å². The molecule has 0 N–H and O–H groups in total. The summed E-state index contributed by atoms with van der Waals surface area (Å²) in [7, 11) is -7.55. The number of hydrogen-bond acceptors (Lipinski definition) is 8. The van der Waals surface area contributed by atoms with E-state index in [1.54, 1.807) is 12.1 Å². The predicted molar refractivity (Wildman–Crippen MR) is 191 cm³/mol. The molecular weight excluding hydrogens is 732 g/mol. The van der Waals surface area contributed by atoms with Crippen molar-refractivity contribution in [1.29, 1.82) is 0 Å². The molecule has 2 unspecified atom stereocenters. The summed E-state index contributed by atoms with van der Waals surface area (Å²) in [5.41, 5.74) is 2.76. The molecular formula is C38H31Cl3N3O6P. The molecule has 0 amide bonds. The van der Waals surface area contributed by atoms with Crippen LogP contribution in [0.1, 0.15) is 18.0 Å².